The van der Waals surface area contributed by atoms with Gasteiger partial charge in [0, 0.05) is 6.54 Å². The van der Waals surface area contributed by atoms with Crippen LogP contribution in [-0.2, 0) is 0 Å². The van der Waals surface area contributed by atoms with E-state index in [1.165, 1.54) is 18.3 Å². The number of hydrogen-bond donors (Lipinski definition) is 2. The van der Waals surface area contributed by atoms with E-state index < -0.39 is 5.97 Å². The monoisotopic (exact) mass is 262 g/mol. The molecule has 0 fully saturated rings. The molecule has 0 amide bonds. The zero-order valence-electron chi connectivity index (χ0n) is 9.55. The third kappa shape index (κ3) is 4.75. The Bertz CT molecular complexity index is 469. The number of carbonyl (C=O) groups is 1. The molecule has 0 saturated heterocycles. The van der Waals surface area contributed by atoms with Gasteiger partial charge in [0.05, 0.1) is 12.2 Å². The van der Waals surface area contributed by atoms with Crippen molar-refractivity contribution < 1.29 is 9.90 Å². The Hall–Kier alpha value is -2.21. The molecule has 1 aromatic rings. The van der Waals surface area contributed by atoms with E-state index in [0.29, 0.717) is 11.7 Å². The number of nitrogens with zero attached hydrogens (tertiary/aromatic N) is 1. The number of carboxylic acid groups (broad SMARTS) is 1. The lowest BCUT2D eigenvalue weighted by Gasteiger charge is -2.03. The van der Waals surface area contributed by atoms with Crippen LogP contribution in [0.15, 0.2) is 42.0 Å². The summed E-state index contributed by atoms with van der Waals surface area (Å²) < 4.78 is 0. The molecule has 0 atom stereocenters. The average molecular weight is 262 g/mol. The molecule has 6 heteroatoms. The Morgan fingerprint density at radius 3 is 2.67 bits per heavy atom. The maximum absolute atomic E-state index is 10.5. The molecule has 0 unspecified atom stereocenters. The van der Waals surface area contributed by atoms with Crippen molar-refractivity contribution in [2.24, 2.45) is 5.10 Å². The molecule has 0 saturated carbocycles. The van der Waals surface area contributed by atoms with Crippen LogP contribution in [0.25, 0.3) is 0 Å². The fraction of sp³-hybridized carbons (Fsp3) is 0.0833. The van der Waals surface area contributed by atoms with Gasteiger partial charge in [-0.3, -0.25) is 5.43 Å². The summed E-state index contributed by atoms with van der Waals surface area (Å²) >= 11 is 4.92. The Labute approximate surface area is 110 Å². The summed E-state index contributed by atoms with van der Waals surface area (Å²) in [5.74, 6) is -1.20. The van der Waals surface area contributed by atoms with Crippen LogP contribution in [0, 0.1) is 0 Å². The van der Waals surface area contributed by atoms with Crippen molar-refractivity contribution >= 4 is 29.5 Å². The second-order valence-electron chi connectivity index (χ2n) is 3.28. The van der Waals surface area contributed by atoms with Gasteiger partial charge in [0.1, 0.15) is 0 Å². The highest BCUT2D eigenvalue weighted by atomic mass is 32.1. The average Bonchev–Trinajstić information content (AvgIpc) is 2.37. The molecule has 0 radical (unpaired) electrons. The van der Waals surface area contributed by atoms with E-state index >= 15 is 0 Å². The smallest absolute Gasteiger partial charge is 0.187 e. The van der Waals surface area contributed by atoms with E-state index in [9.17, 15) is 9.90 Å². The zero-order valence-corrected chi connectivity index (χ0v) is 10.4. The molecule has 0 aromatic heterocycles. The summed E-state index contributed by atoms with van der Waals surface area (Å²) in [6, 6.07) is 6.14. The number of thiocarbonyl (C=S) groups is 1. The van der Waals surface area contributed by atoms with Crippen LogP contribution < -0.4 is 15.8 Å². The molecule has 1 rings (SSSR count). The van der Waals surface area contributed by atoms with Crippen LogP contribution in [0.3, 0.4) is 0 Å². The van der Waals surface area contributed by atoms with Crippen molar-refractivity contribution in [1.29, 1.82) is 0 Å². The molecule has 0 heterocycles. The molecule has 0 bridgehead atoms. The van der Waals surface area contributed by atoms with Crippen molar-refractivity contribution in [3.8, 4) is 0 Å². The van der Waals surface area contributed by atoms with E-state index in [-0.39, 0.29) is 5.56 Å². The highest BCUT2D eigenvalue weighted by molar-refractivity contribution is 7.80. The quantitative estimate of drug-likeness (QED) is 0.339. The first-order valence-corrected chi connectivity index (χ1v) is 5.53. The van der Waals surface area contributed by atoms with E-state index in [1.807, 2.05) is 0 Å². The minimum Gasteiger partial charge on any atom is -0.545 e. The SMILES string of the molecule is C=CCNC(=S)N/N=C/c1ccc(C(=O)[O-])cc1. The lowest BCUT2D eigenvalue weighted by atomic mass is 10.1. The van der Waals surface area contributed by atoms with Crippen molar-refractivity contribution in [3.05, 3.63) is 48.0 Å². The number of rotatable bonds is 5. The molecule has 0 aliphatic carbocycles. The van der Waals surface area contributed by atoms with Gasteiger partial charge in [-0.15, -0.1) is 6.58 Å². The topological polar surface area (TPSA) is 76.5 Å². The van der Waals surface area contributed by atoms with Gasteiger partial charge in [-0.2, -0.15) is 5.10 Å². The molecule has 1 aromatic carbocycles. The molecule has 2 N–H and O–H groups in total. The van der Waals surface area contributed by atoms with Crippen LogP contribution in [-0.4, -0.2) is 23.8 Å². The lowest BCUT2D eigenvalue weighted by molar-refractivity contribution is -0.255. The second kappa shape index (κ2) is 7.18. The molecule has 18 heavy (non-hydrogen) atoms. The maximum atomic E-state index is 10.5. The predicted molar refractivity (Wildman–Crippen MR) is 72.3 cm³/mol. The Morgan fingerprint density at radius 2 is 2.11 bits per heavy atom. The first-order chi connectivity index (χ1) is 8.63. The van der Waals surface area contributed by atoms with Crippen LogP contribution >= 0.6 is 12.2 Å². The summed E-state index contributed by atoms with van der Waals surface area (Å²) in [7, 11) is 0. The molecular formula is C12H12N3O2S-. The summed E-state index contributed by atoms with van der Waals surface area (Å²) in [4.78, 5) is 10.5. The molecular weight excluding hydrogens is 250 g/mol. The normalized spacial score (nSPS) is 10.0. The van der Waals surface area contributed by atoms with E-state index in [4.69, 9.17) is 12.2 Å². The van der Waals surface area contributed by atoms with Crippen LogP contribution in [0.4, 0.5) is 0 Å². The van der Waals surface area contributed by atoms with Gasteiger partial charge >= 0.3 is 0 Å². The van der Waals surface area contributed by atoms with Crippen molar-refractivity contribution in [1.82, 2.24) is 10.7 Å². The first-order valence-electron chi connectivity index (χ1n) is 5.12. The number of hydrazone groups is 1. The summed E-state index contributed by atoms with van der Waals surface area (Å²) in [5, 5.41) is 17.7. The van der Waals surface area contributed by atoms with Crippen LogP contribution in [0.1, 0.15) is 15.9 Å². The van der Waals surface area contributed by atoms with Gasteiger partial charge in [-0.05, 0) is 23.3 Å². The van der Waals surface area contributed by atoms with Gasteiger partial charge in [0.15, 0.2) is 5.11 Å². The van der Waals surface area contributed by atoms with Crippen LogP contribution in [0.2, 0.25) is 0 Å². The number of hydrogen-bond acceptors (Lipinski definition) is 4. The molecule has 94 valence electrons. The second-order valence-corrected chi connectivity index (χ2v) is 3.69. The predicted octanol–water partition coefficient (Wildman–Crippen LogP) is 0.0341. The molecule has 0 aliphatic rings. The fourth-order valence-electron chi connectivity index (χ4n) is 1.08. The first kappa shape index (κ1) is 13.9. The van der Waals surface area contributed by atoms with E-state index in [0.717, 1.165) is 5.56 Å². The van der Waals surface area contributed by atoms with Gasteiger partial charge < -0.3 is 15.2 Å². The summed E-state index contributed by atoms with van der Waals surface area (Å²) in [6.45, 7) is 4.10. The number of benzene rings is 1. The van der Waals surface area contributed by atoms with Crippen molar-refractivity contribution in [2.45, 2.75) is 0 Å². The molecule has 5 nitrogen and oxygen atoms in total. The highest BCUT2D eigenvalue weighted by Gasteiger charge is 1.93. The molecule has 0 aliphatic heterocycles. The van der Waals surface area contributed by atoms with Crippen molar-refractivity contribution in [3.63, 3.8) is 0 Å². The van der Waals surface area contributed by atoms with Gasteiger partial charge in [-0.25, -0.2) is 0 Å². The fourth-order valence-corrected chi connectivity index (χ4v) is 1.21. The Kier molecular flexibility index (Phi) is 5.53. The third-order valence-electron chi connectivity index (χ3n) is 1.93. The van der Waals surface area contributed by atoms with Crippen LogP contribution in [0.5, 0.6) is 0 Å². The zero-order chi connectivity index (χ0) is 13.4. The van der Waals surface area contributed by atoms with Gasteiger partial charge in [0.25, 0.3) is 0 Å². The Morgan fingerprint density at radius 1 is 1.44 bits per heavy atom. The molecule has 0 spiro atoms. The summed E-state index contributed by atoms with van der Waals surface area (Å²) in [5.41, 5.74) is 3.49. The van der Waals surface area contributed by atoms with E-state index in [2.05, 4.69) is 22.4 Å². The van der Waals surface area contributed by atoms with Gasteiger partial charge in [-0.1, -0.05) is 30.3 Å². The number of nitrogens with one attached hydrogen (secondary N) is 2. The number of carbonyl (C=O) groups excluding carboxylic acids is 1. The Balaban J connectivity index is 2.49. The number of aromatic carboxylic acids is 1. The largest absolute Gasteiger partial charge is 0.545 e. The lowest BCUT2D eigenvalue weighted by Crippen LogP contribution is -2.31. The standard InChI is InChI=1S/C12H13N3O2S/c1-2-7-13-12(18)15-14-8-9-3-5-10(6-4-9)11(16)17/h2-6,8H,1,7H2,(H,16,17)(H2,13,15,18)/p-1/b14-8+. The minimum absolute atomic E-state index is 0.128. The van der Waals surface area contributed by atoms with Gasteiger partial charge in [0.2, 0.25) is 0 Å². The third-order valence-corrected chi connectivity index (χ3v) is 2.17. The maximum Gasteiger partial charge on any atom is 0.187 e. The minimum atomic E-state index is -1.20. The summed E-state index contributed by atoms with van der Waals surface area (Å²) in [6.07, 6.45) is 3.21. The highest BCUT2D eigenvalue weighted by Crippen LogP contribution is 2.00. The van der Waals surface area contributed by atoms with E-state index in [1.54, 1.807) is 18.2 Å². The van der Waals surface area contributed by atoms with Crippen molar-refractivity contribution in [2.75, 3.05) is 6.54 Å². The number of carboxylic acids is 1.